The van der Waals surface area contributed by atoms with E-state index in [1.165, 1.54) is 5.56 Å². The summed E-state index contributed by atoms with van der Waals surface area (Å²) in [6.45, 7) is 2.34. The maximum atomic E-state index is 9.19. The third kappa shape index (κ3) is 3.53. The molecule has 0 heterocycles. The van der Waals surface area contributed by atoms with E-state index in [1.54, 1.807) is 7.11 Å². The van der Waals surface area contributed by atoms with Crippen molar-refractivity contribution < 1.29 is 14.6 Å². The molecule has 0 amide bonds. The van der Waals surface area contributed by atoms with Gasteiger partial charge in [0.05, 0.1) is 6.61 Å². The normalized spacial score (nSPS) is 10.3. The lowest BCUT2D eigenvalue weighted by Gasteiger charge is -2.10. The van der Waals surface area contributed by atoms with E-state index in [4.69, 9.17) is 9.47 Å². The number of methoxy groups -OCH3 is 1. The first-order valence-electron chi connectivity index (χ1n) is 5.16. The Kier molecular flexibility index (Phi) is 5.15. The van der Waals surface area contributed by atoms with Gasteiger partial charge in [0.2, 0.25) is 0 Å². The molecule has 0 spiro atoms. The van der Waals surface area contributed by atoms with Crippen molar-refractivity contribution in [2.75, 3.05) is 13.9 Å². The molecule has 3 heteroatoms. The Hall–Kier alpha value is -1.06. The maximum Gasteiger partial charge on any atom is 0.188 e. The molecule has 1 aromatic rings. The summed E-state index contributed by atoms with van der Waals surface area (Å²) in [4.78, 5) is 0. The predicted octanol–water partition coefficient (Wildman–Crippen LogP) is 2.11. The van der Waals surface area contributed by atoms with Crippen LogP contribution in [0.15, 0.2) is 18.2 Å². The molecule has 0 aliphatic rings. The van der Waals surface area contributed by atoms with E-state index in [9.17, 15) is 5.11 Å². The van der Waals surface area contributed by atoms with Crippen LogP contribution in [0.3, 0.4) is 0 Å². The third-order valence-corrected chi connectivity index (χ3v) is 2.17. The summed E-state index contributed by atoms with van der Waals surface area (Å²) >= 11 is 0. The summed E-state index contributed by atoms with van der Waals surface area (Å²) in [5.41, 5.74) is 2.05. The summed E-state index contributed by atoms with van der Waals surface area (Å²) in [5, 5.41) is 9.19. The number of ether oxygens (including phenoxy) is 2. The first-order chi connectivity index (χ1) is 7.31. The van der Waals surface area contributed by atoms with Crippen molar-refractivity contribution in [2.24, 2.45) is 0 Å². The van der Waals surface area contributed by atoms with Gasteiger partial charge in [-0.2, -0.15) is 0 Å². The molecule has 84 valence electrons. The fourth-order valence-corrected chi connectivity index (χ4v) is 1.46. The standard InChI is InChI=1S/C12H18O3/c1-3-4-10-5-6-12(15-9-14-2)11(7-10)8-13/h5-7,13H,3-4,8-9H2,1-2H3. The number of benzene rings is 1. The zero-order valence-corrected chi connectivity index (χ0v) is 9.32. The fraction of sp³-hybridized carbons (Fsp3) is 0.500. The van der Waals surface area contributed by atoms with Gasteiger partial charge in [0.25, 0.3) is 0 Å². The molecule has 0 saturated heterocycles. The molecule has 1 rings (SSSR count). The van der Waals surface area contributed by atoms with Crippen LogP contribution in [0.1, 0.15) is 24.5 Å². The number of rotatable bonds is 6. The van der Waals surface area contributed by atoms with Gasteiger partial charge < -0.3 is 14.6 Å². The van der Waals surface area contributed by atoms with Crippen LogP contribution in [0.5, 0.6) is 5.75 Å². The van der Waals surface area contributed by atoms with E-state index < -0.39 is 0 Å². The molecule has 0 atom stereocenters. The average Bonchev–Trinajstić information content (AvgIpc) is 2.27. The summed E-state index contributed by atoms with van der Waals surface area (Å²) in [5.74, 6) is 0.694. The van der Waals surface area contributed by atoms with Crippen molar-refractivity contribution in [3.8, 4) is 5.75 Å². The van der Waals surface area contributed by atoms with Gasteiger partial charge in [-0.1, -0.05) is 19.4 Å². The monoisotopic (exact) mass is 210 g/mol. The number of hydrogen-bond acceptors (Lipinski definition) is 3. The van der Waals surface area contributed by atoms with Crippen molar-refractivity contribution in [1.29, 1.82) is 0 Å². The highest BCUT2D eigenvalue weighted by Crippen LogP contribution is 2.21. The lowest BCUT2D eigenvalue weighted by molar-refractivity contribution is 0.0495. The van der Waals surface area contributed by atoms with Crippen LogP contribution < -0.4 is 4.74 Å². The topological polar surface area (TPSA) is 38.7 Å². The van der Waals surface area contributed by atoms with E-state index in [1.807, 2.05) is 18.2 Å². The minimum Gasteiger partial charge on any atom is -0.467 e. The van der Waals surface area contributed by atoms with Crippen molar-refractivity contribution in [2.45, 2.75) is 26.4 Å². The van der Waals surface area contributed by atoms with Crippen LogP contribution in [0.4, 0.5) is 0 Å². The Morgan fingerprint density at radius 1 is 1.33 bits per heavy atom. The second kappa shape index (κ2) is 6.43. The third-order valence-electron chi connectivity index (χ3n) is 2.17. The van der Waals surface area contributed by atoms with Crippen molar-refractivity contribution in [1.82, 2.24) is 0 Å². The zero-order valence-electron chi connectivity index (χ0n) is 9.32. The predicted molar refractivity (Wildman–Crippen MR) is 58.9 cm³/mol. The number of aryl methyl sites for hydroxylation is 1. The van der Waals surface area contributed by atoms with Crippen LogP contribution >= 0.6 is 0 Å². The average molecular weight is 210 g/mol. The Morgan fingerprint density at radius 2 is 2.13 bits per heavy atom. The van der Waals surface area contributed by atoms with Gasteiger partial charge in [0, 0.05) is 12.7 Å². The first-order valence-corrected chi connectivity index (χ1v) is 5.16. The Morgan fingerprint density at radius 3 is 2.73 bits per heavy atom. The molecule has 0 aliphatic carbocycles. The maximum absolute atomic E-state index is 9.19. The van der Waals surface area contributed by atoms with E-state index >= 15 is 0 Å². The molecular weight excluding hydrogens is 192 g/mol. The fourth-order valence-electron chi connectivity index (χ4n) is 1.46. The molecule has 0 radical (unpaired) electrons. The van der Waals surface area contributed by atoms with Crippen LogP contribution in [0, 0.1) is 0 Å². The molecule has 1 N–H and O–H groups in total. The van der Waals surface area contributed by atoms with Crippen LogP contribution in [-0.2, 0) is 17.8 Å². The van der Waals surface area contributed by atoms with E-state index in [2.05, 4.69) is 6.92 Å². The van der Waals surface area contributed by atoms with Gasteiger partial charge in [-0.05, 0) is 24.1 Å². The van der Waals surface area contributed by atoms with Gasteiger partial charge in [-0.3, -0.25) is 0 Å². The Bertz CT molecular complexity index is 297. The van der Waals surface area contributed by atoms with E-state index in [0.717, 1.165) is 18.4 Å². The summed E-state index contributed by atoms with van der Waals surface area (Å²) in [7, 11) is 1.57. The van der Waals surface area contributed by atoms with Gasteiger partial charge in [0.1, 0.15) is 5.75 Å². The van der Waals surface area contributed by atoms with Crippen LogP contribution in [0.2, 0.25) is 0 Å². The second-order valence-corrected chi connectivity index (χ2v) is 3.40. The second-order valence-electron chi connectivity index (χ2n) is 3.40. The minimum absolute atomic E-state index is 0.00337. The zero-order chi connectivity index (χ0) is 11.1. The van der Waals surface area contributed by atoms with Crippen LogP contribution in [0.25, 0.3) is 0 Å². The summed E-state index contributed by atoms with van der Waals surface area (Å²) < 4.78 is 10.1. The minimum atomic E-state index is -0.00337. The number of aliphatic hydroxyl groups is 1. The molecule has 15 heavy (non-hydrogen) atoms. The smallest absolute Gasteiger partial charge is 0.188 e. The molecule has 0 fully saturated rings. The molecular formula is C12H18O3. The number of hydrogen-bond donors (Lipinski definition) is 1. The highest BCUT2D eigenvalue weighted by atomic mass is 16.7. The summed E-state index contributed by atoms with van der Waals surface area (Å²) in [6.07, 6.45) is 2.13. The van der Waals surface area contributed by atoms with E-state index in [-0.39, 0.29) is 13.4 Å². The molecule has 3 nitrogen and oxygen atoms in total. The summed E-state index contributed by atoms with van der Waals surface area (Å²) in [6, 6.07) is 5.89. The first kappa shape index (κ1) is 12.0. The van der Waals surface area contributed by atoms with Gasteiger partial charge >= 0.3 is 0 Å². The number of aliphatic hydroxyl groups excluding tert-OH is 1. The molecule has 0 bridgehead atoms. The van der Waals surface area contributed by atoms with E-state index in [0.29, 0.717) is 5.75 Å². The van der Waals surface area contributed by atoms with Crippen LogP contribution in [-0.4, -0.2) is 19.0 Å². The van der Waals surface area contributed by atoms with Crippen molar-refractivity contribution >= 4 is 0 Å². The Labute approximate surface area is 90.6 Å². The highest BCUT2D eigenvalue weighted by molar-refractivity contribution is 5.36. The molecule has 0 saturated carbocycles. The molecule has 1 aromatic carbocycles. The SMILES string of the molecule is CCCc1ccc(OCOC)c(CO)c1. The van der Waals surface area contributed by atoms with Crippen molar-refractivity contribution in [3.05, 3.63) is 29.3 Å². The van der Waals surface area contributed by atoms with Gasteiger partial charge in [0.15, 0.2) is 6.79 Å². The lowest BCUT2D eigenvalue weighted by Crippen LogP contribution is -2.02. The quantitative estimate of drug-likeness (QED) is 0.731. The van der Waals surface area contributed by atoms with Crippen molar-refractivity contribution in [3.63, 3.8) is 0 Å². The molecule has 0 aliphatic heterocycles. The Balaban J connectivity index is 2.78. The largest absolute Gasteiger partial charge is 0.467 e. The molecule has 0 aromatic heterocycles. The van der Waals surface area contributed by atoms with Gasteiger partial charge in [-0.15, -0.1) is 0 Å². The van der Waals surface area contributed by atoms with Gasteiger partial charge in [-0.25, -0.2) is 0 Å². The lowest BCUT2D eigenvalue weighted by atomic mass is 10.1. The molecule has 0 unspecified atom stereocenters. The highest BCUT2D eigenvalue weighted by Gasteiger charge is 2.03.